The predicted molar refractivity (Wildman–Crippen MR) is 134 cm³/mol. The van der Waals surface area contributed by atoms with Crippen molar-refractivity contribution in [2.45, 2.75) is 53.9 Å². The molecule has 1 fully saturated rings. The minimum absolute atomic E-state index is 0. The summed E-state index contributed by atoms with van der Waals surface area (Å²) in [7, 11) is 0. The predicted octanol–water partition coefficient (Wildman–Crippen LogP) is 5.75. The summed E-state index contributed by atoms with van der Waals surface area (Å²) in [4.78, 5) is 12.2. The number of fused-ring (bicyclic) bond motifs is 1. The molecule has 7 heteroatoms. The number of aliphatic hydroxyl groups is 1. The van der Waals surface area contributed by atoms with E-state index in [0.29, 0.717) is 5.92 Å². The van der Waals surface area contributed by atoms with Crippen molar-refractivity contribution in [1.82, 2.24) is 14.5 Å². The Morgan fingerprint density at radius 1 is 1.03 bits per heavy atom. The molecule has 4 rings (SSSR count). The standard InChI is InChI=1S/C24H31BrN4O.ClH/c1-14-12-20(25)13-15(2)22(14)29-17(4)16(3)21-23(26-18(5)27-24(21)29)28-9-6-19(7-10-28)8-11-30;/h12-13,19,30H,6-11H2,1-5H3;1H. The van der Waals surface area contributed by atoms with E-state index in [9.17, 15) is 5.11 Å². The van der Waals surface area contributed by atoms with E-state index in [1.54, 1.807) is 0 Å². The van der Waals surface area contributed by atoms with Crippen LogP contribution in [0.3, 0.4) is 0 Å². The van der Waals surface area contributed by atoms with Crippen LogP contribution in [-0.2, 0) is 0 Å². The van der Waals surface area contributed by atoms with Crippen LogP contribution in [0, 0.1) is 40.5 Å². The Balaban J connectivity index is 0.00000272. The van der Waals surface area contributed by atoms with Gasteiger partial charge in [0.05, 0.1) is 11.1 Å². The van der Waals surface area contributed by atoms with Gasteiger partial charge in [0.2, 0.25) is 0 Å². The molecule has 3 aromatic rings. The summed E-state index contributed by atoms with van der Waals surface area (Å²) in [6.45, 7) is 12.9. The number of hydrogen-bond donors (Lipinski definition) is 1. The van der Waals surface area contributed by atoms with E-state index in [0.717, 1.165) is 54.1 Å². The zero-order valence-corrected chi connectivity index (χ0v) is 21.4. The van der Waals surface area contributed by atoms with Crippen LogP contribution in [-0.4, -0.2) is 39.3 Å². The van der Waals surface area contributed by atoms with E-state index in [2.05, 4.69) is 65.2 Å². The van der Waals surface area contributed by atoms with Crippen molar-refractivity contribution in [2.24, 2.45) is 5.92 Å². The monoisotopic (exact) mass is 506 g/mol. The average molecular weight is 508 g/mol. The summed E-state index contributed by atoms with van der Waals surface area (Å²) in [5, 5.41) is 10.4. The molecule has 0 spiro atoms. The van der Waals surface area contributed by atoms with Crippen LogP contribution in [0.5, 0.6) is 0 Å². The van der Waals surface area contributed by atoms with Gasteiger partial charge in [-0.2, -0.15) is 0 Å². The van der Waals surface area contributed by atoms with Gasteiger partial charge in [0.1, 0.15) is 11.6 Å². The molecule has 1 aliphatic rings. The summed E-state index contributed by atoms with van der Waals surface area (Å²) in [5.74, 6) is 2.48. The molecule has 5 nitrogen and oxygen atoms in total. The zero-order chi connectivity index (χ0) is 21.6. The van der Waals surface area contributed by atoms with Crippen LogP contribution in [0.4, 0.5) is 5.82 Å². The second-order valence-corrected chi connectivity index (χ2v) is 9.59. The molecule has 0 aliphatic carbocycles. The maximum Gasteiger partial charge on any atom is 0.150 e. The number of hydrogen-bond acceptors (Lipinski definition) is 4. The molecule has 1 saturated heterocycles. The lowest BCUT2D eigenvalue weighted by Gasteiger charge is -2.33. The number of halogens is 2. The topological polar surface area (TPSA) is 54.2 Å². The van der Waals surface area contributed by atoms with Crippen molar-refractivity contribution < 1.29 is 5.11 Å². The highest BCUT2D eigenvalue weighted by atomic mass is 79.9. The van der Waals surface area contributed by atoms with Crippen LogP contribution in [0.1, 0.15) is 47.5 Å². The third kappa shape index (κ3) is 4.35. The third-order valence-electron chi connectivity index (χ3n) is 6.58. The molecule has 1 aliphatic heterocycles. The highest BCUT2D eigenvalue weighted by Crippen LogP contribution is 2.37. The van der Waals surface area contributed by atoms with Crippen molar-refractivity contribution in [2.75, 3.05) is 24.6 Å². The molecule has 31 heavy (non-hydrogen) atoms. The second-order valence-electron chi connectivity index (χ2n) is 8.67. The van der Waals surface area contributed by atoms with E-state index < -0.39 is 0 Å². The van der Waals surface area contributed by atoms with E-state index in [1.807, 2.05) is 6.92 Å². The Morgan fingerprint density at radius 2 is 1.65 bits per heavy atom. The van der Waals surface area contributed by atoms with Gasteiger partial charge in [-0.25, -0.2) is 9.97 Å². The summed E-state index contributed by atoms with van der Waals surface area (Å²) in [6.07, 6.45) is 3.12. The van der Waals surface area contributed by atoms with E-state index in [-0.39, 0.29) is 19.0 Å². The van der Waals surface area contributed by atoms with Gasteiger partial charge >= 0.3 is 0 Å². The number of aliphatic hydroxyl groups excluding tert-OH is 1. The van der Waals surface area contributed by atoms with Crippen molar-refractivity contribution in [1.29, 1.82) is 0 Å². The molecule has 3 heterocycles. The van der Waals surface area contributed by atoms with E-state index in [1.165, 1.54) is 33.5 Å². The summed E-state index contributed by atoms with van der Waals surface area (Å²) in [5.41, 5.74) is 7.13. The molecular formula is C24H32BrClN4O. The second kappa shape index (κ2) is 9.47. The van der Waals surface area contributed by atoms with E-state index in [4.69, 9.17) is 9.97 Å². The number of nitrogens with zero attached hydrogens (tertiary/aromatic N) is 4. The molecule has 0 atom stereocenters. The van der Waals surface area contributed by atoms with Crippen LogP contribution in [0.25, 0.3) is 16.7 Å². The quantitative estimate of drug-likeness (QED) is 0.489. The van der Waals surface area contributed by atoms with Gasteiger partial charge in [-0.15, -0.1) is 12.4 Å². The van der Waals surface area contributed by atoms with Crippen LogP contribution in [0.2, 0.25) is 0 Å². The normalized spacial score (nSPS) is 14.9. The minimum Gasteiger partial charge on any atom is -0.396 e. The summed E-state index contributed by atoms with van der Waals surface area (Å²) < 4.78 is 3.42. The minimum atomic E-state index is 0. The smallest absolute Gasteiger partial charge is 0.150 e. The molecule has 1 N–H and O–H groups in total. The molecule has 0 unspecified atom stereocenters. The van der Waals surface area contributed by atoms with Crippen LogP contribution < -0.4 is 4.90 Å². The van der Waals surface area contributed by atoms with Crippen molar-refractivity contribution in [3.63, 3.8) is 0 Å². The Labute approximate surface area is 199 Å². The van der Waals surface area contributed by atoms with Gasteiger partial charge in [0.25, 0.3) is 0 Å². The van der Waals surface area contributed by atoms with Crippen molar-refractivity contribution in [3.8, 4) is 5.69 Å². The first-order valence-corrected chi connectivity index (χ1v) is 11.6. The molecule has 1 aromatic carbocycles. The van der Waals surface area contributed by atoms with E-state index >= 15 is 0 Å². The van der Waals surface area contributed by atoms with Gasteiger partial charge in [-0.1, -0.05) is 15.9 Å². The number of benzene rings is 1. The largest absolute Gasteiger partial charge is 0.396 e. The summed E-state index contributed by atoms with van der Waals surface area (Å²) in [6, 6.07) is 4.34. The van der Waals surface area contributed by atoms with Gasteiger partial charge < -0.3 is 10.0 Å². The molecular weight excluding hydrogens is 476 g/mol. The molecule has 0 bridgehead atoms. The van der Waals surface area contributed by atoms with Gasteiger partial charge in [-0.3, -0.25) is 4.57 Å². The fourth-order valence-electron chi connectivity index (χ4n) is 4.92. The SMILES string of the molecule is Cc1nc(N2CCC(CCO)CC2)c2c(C)c(C)n(-c3c(C)cc(Br)cc3C)c2n1.Cl. The van der Waals surface area contributed by atoms with Gasteiger partial charge in [0.15, 0.2) is 5.65 Å². The Kier molecular flexibility index (Phi) is 7.34. The maximum atomic E-state index is 9.28. The van der Waals surface area contributed by atoms with Gasteiger partial charge in [-0.05, 0) is 88.6 Å². The molecule has 0 amide bonds. The number of anilines is 1. The maximum absolute atomic E-state index is 9.28. The fraction of sp³-hybridized carbons (Fsp3) is 0.500. The molecule has 0 radical (unpaired) electrons. The molecule has 0 saturated carbocycles. The van der Waals surface area contributed by atoms with Crippen molar-refractivity contribution in [3.05, 3.63) is 44.8 Å². The fourth-order valence-corrected chi connectivity index (χ4v) is 5.61. The third-order valence-corrected chi connectivity index (χ3v) is 7.04. The number of rotatable bonds is 4. The first-order chi connectivity index (χ1) is 14.3. The Bertz CT molecular complexity index is 1080. The lowest BCUT2D eigenvalue weighted by Crippen LogP contribution is -2.34. The zero-order valence-electron chi connectivity index (χ0n) is 19.0. The first-order valence-electron chi connectivity index (χ1n) is 10.8. The Morgan fingerprint density at radius 3 is 2.23 bits per heavy atom. The summed E-state index contributed by atoms with van der Waals surface area (Å²) >= 11 is 3.63. The molecule has 2 aromatic heterocycles. The molecule has 168 valence electrons. The Hall–Kier alpha value is -1.63. The highest BCUT2D eigenvalue weighted by molar-refractivity contribution is 9.10. The lowest BCUT2D eigenvalue weighted by atomic mass is 9.94. The first kappa shape index (κ1) is 24.0. The number of piperidine rings is 1. The number of aromatic nitrogens is 3. The highest BCUT2D eigenvalue weighted by Gasteiger charge is 2.26. The average Bonchev–Trinajstić information content (AvgIpc) is 2.92. The lowest BCUT2D eigenvalue weighted by molar-refractivity contribution is 0.240. The van der Waals surface area contributed by atoms with Crippen LogP contribution >= 0.6 is 28.3 Å². The van der Waals surface area contributed by atoms with Crippen LogP contribution in [0.15, 0.2) is 16.6 Å². The number of aryl methyl sites for hydroxylation is 4. The van der Waals surface area contributed by atoms with Crippen molar-refractivity contribution >= 4 is 45.2 Å². The van der Waals surface area contributed by atoms with Gasteiger partial charge in [0, 0.05) is 29.9 Å².